The molecule has 2 rings (SSSR count). The summed E-state index contributed by atoms with van der Waals surface area (Å²) in [6.07, 6.45) is 0. The SMILES string of the molecule is CCOC(=O)c1ccccc1NCc1ccc(Br)s1. The van der Waals surface area contributed by atoms with E-state index < -0.39 is 0 Å². The van der Waals surface area contributed by atoms with E-state index in [0.717, 1.165) is 9.47 Å². The molecule has 0 saturated heterocycles. The number of carbonyl (C=O) groups excluding carboxylic acids is 1. The first kappa shape index (κ1) is 14.1. The van der Waals surface area contributed by atoms with E-state index in [9.17, 15) is 4.79 Å². The fourth-order valence-electron chi connectivity index (χ4n) is 1.65. The average molecular weight is 340 g/mol. The second kappa shape index (κ2) is 6.73. The number of ether oxygens (including phenoxy) is 1. The molecule has 0 fully saturated rings. The van der Waals surface area contributed by atoms with Crippen LogP contribution < -0.4 is 5.32 Å². The highest BCUT2D eigenvalue weighted by Crippen LogP contribution is 2.24. The third-order valence-corrected chi connectivity index (χ3v) is 4.13. The molecule has 100 valence electrons. The van der Waals surface area contributed by atoms with E-state index in [1.165, 1.54) is 4.88 Å². The van der Waals surface area contributed by atoms with E-state index in [4.69, 9.17) is 4.74 Å². The van der Waals surface area contributed by atoms with E-state index >= 15 is 0 Å². The molecule has 2 aromatic rings. The molecular formula is C14H14BrNO2S. The Kier molecular flexibility index (Phi) is 4.99. The third-order valence-electron chi connectivity index (χ3n) is 2.50. The number of para-hydroxylation sites is 1. The zero-order chi connectivity index (χ0) is 13.7. The summed E-state index contributed by atoms with van der Waals surface area (Å²) in [5, 5.41) is 3.27. The summed E-state index contributed by atoms with van der Waals surface area (Å²) in [5.74, 6) is -0.294. The zero-order valence-corrected chi connectivity index (χ0v) is 12.9. The van der Waals surface area contributed by atoms with Gasteiger partial charge in [-0.1, -0.05) is 12.1 Å². The van der Waals surface area contributed by atoms with Gasteiger partial charge in [0.1, 0.15) is 0 Å². The summed E-state index contributed by atoms with van der Waals surface area (Å²) in [4.78, 5) is 13.0. The van der Waals surface area contributed by atoms with Crippen LogP contribution >= 0.6 is 27.3 Å². The lowest BCUT2D eigenvalue weighted by Crippen LogP contribution is -2.09. The van der Waals surface area contributed by atoms with Crippen molar-refractivity contribution in [1.82, 2.24) is 0 Å². The molecule has 3 nitrogen and oxygen atoms in total. The van der Waals surface area contributed by atoms with Gasteiger partial charge in [-0.25, -0.2) is 4.79 Å². The number of hydrogen-bond donors (Lipinski definition) is 1. The van der Waals surface area contributed by atoms with Crippen molar-refractivity contribution in [1.29, 1.82) is 0 Å². The van der Waals surface area contributed by atoms with E-state index in [1.807, 2.05) is 24.3 Å². The van der Waals surface area contributed by atoms with Crippen LogP contribution in [-0.4, -0.2) is 12.6 Å². The molecule has 19 heavy (non-hydrogen) atoms. The molecule has 1 aromatic heterocycles. The number of esters is 1. The van der Waals surface area contributed by atoms with Gasteiger partial charge in [0.25, 0.3) is 0 Å². The van der Waals surface area contributed by atoms with Gasteiger partial charge in [0.2, 0.25) is 0 Å². The standard InChI is InChI=1S/C14H14BrNO2S/c1-2-18-14(17)11-5-3-4-6-12(11)16-9-10-7-8-13(15)19-10/h3-8,16H,2,9H2,1H3. The predicted molar refractivity (Wildman–Crippen MR) is 81.7 cm³/mol. The van der Waals surface area contributed by atoms with Crippen molar-refractivity contribution in [2.24, 2.45) is 0 Å². The number of thiophene rings is 1. The van der Waals surface area contributed by atoms with Crippen molar-refractivity contribution in [3.8, 4) is 0 Å². The molecule has 0 spiro atoms. The highest BCUT2D eigenvalue weighted by Gasteiger charge is 2.11. The lowest BCUT2D eigenvalue weighted by molar-refractivity contribution is 0.0527. The molecule has 0 radical (unpaired) electrons. The van der Waals surface area contributed by atoms with Crippen LogP contribution in [0.3, 0.4) is 0 Å². The van der Waals surface area contributed by atoms with Gasteiger partial charge < -0.3 is 10.1 Å². The predicted octanol–water partition coefficient (Wildman–Crippen LogP) is 4.30. The Morgan fingerprint density at radius 2 is 2.11 bits per heavy atom. The molecule has 0 amide bonds. The van der Waals surface area contributed by atoms with Crippen LogP contribution in [0.2, 0.25) is 0 Å². The Bertz CT molecular complexity index is 568. The minimum Gasteiger partial charge on any atom is -0.462 e. The fraction of sp³-hybridized carbons (Fsp3) is 0.214. The highest BCUT2D eigenvalue weighted by atomic mass is 79.9. The molecule has 0 saturated carbocycles. The maximum absolute atomic E-state index is 11.8. The van der Waals surface area contributed by atoms with Gasteiger partial charge in [-0.3, -0.25) is 0 Å². The van der Waals surface area contributed by atoms with Crippen LogP contribution in [0.5, 0.6) is 0 Å². The number of hydrogen-bond acceptors (Lipinski definition) is 4. The van der Waals surface area contributed by atoms with Crippen molar-refractivity contribution in [3.05, 3.63) is 50.6 Å². The molecule has 0 aliphatic carbocycles. The van der Waals surface area contributed by atoms with Gasteiger partial charge in [0.15, 0.2) is 0 Å². The highest BCUT2D eigenvalue weighted by molar-refractivity contribution is 9.11. The summed E-state index contributed by atoms with van der Waals surface area (Å²) in [6.45, 7) is 2.87. The van der Waals surface area contributed by atoms with Crippen molar-refractivity contribution in [2.75, 3.05) is 11.9 Å². The molecule has 0 unspecified atom stereocenters. The second-order valence-electron chi connectivity index (χ2n) is 3.83. The van der Waals surface area contributed by atoms with Crippen molar-refractivity contribution < 1.29 is 9.53 Å². The maximum Gasteiger partial charge on any atom is 0.340 e. The molecule has 0 aliphatic heterocycles. The molecule has 1 heterocycles. The van der Waals surface area contributed by atoms with Gasteiger partial charge in [-0.05, 0) is 47.1 Å². The number of nitrogens with one attached hydrogen (secondary N) is 1. The van der Waals surface area contributed by atoms with Crippen molar-refractivity contribution in [3.63, 3.8) is 0 Å². The van der Waals surface area contributed by atoms with Crippen LogP contribution in [-0.2, 0) is 11.3 Å². The minimum absolute atomic E-state index is 0.294. The van der Waals surface area contributed by atoms with E-state index in [0.29, 0.717) is 18.7 Å². The zero-order valence-electron chi connectivity index (χ0n) is 10.5. The fourth-order valence-corrected chi connectivity index (χ4v) is 3.08. The molecule has 5 heteroatoms. The second-order valence-corrected chi connectivity index (χ2v) is 6.37. The Morgan fingerprint density at radius 1 is 1.32 bits per heavy atom. The number of anilines is 1. The smallest absolute Gasteiger partial charge is 0.340 e. The van der Waals surface area contributed by atoms with Crippen LogP contribution in [0.15, 0.2) is 40.2 Å². The first-order valence-corrected chi connectivity index (χ1v) is 7.56. The largest absolute Gasteiger partial charge is 0.462 e. The first-order valence-electron chi connectivity index (χ1n) is 5.95. The van der Waals surface area contributed by atoms with Crippen LogP contribution in [0, 0.1) is 0 Å². The molecule has 0 atom stereocenters. The Hall–Kier alpha value is -1.33. The lowest BCUT2D eigenvalue weighted by atomic mass is 10.2. The minimum atomic E-state index is -0.294. The number of carbonyl (C=O) groups is 1. The molecule has 1 aromatic carbocycles. The van der Waals surface area contributed by atoms with Crippen molar-refractivity contribution >= 4 is 38.9 Å². The van der Waals surface area contributed by atoms with E-state index in [-0.39, 0.29) is 5.97 Å². The first-order chi connectivity index (χ1) is 9.20. The number of halogens is 1. The molecular weight excluding hydrogens is 326 g/mol. The Morgan fingerprint density at radius 3 is 2.79 bits per heavy atom. The van der Waals surface area contributed by atoms with Gasteiger partial charge in [-0.15, -0.1) is 11.3 Å². The quantitative estimate of drug-likeness (QED) is 0.825. The van der Waals surface area contributed by atoms with Gasteiger partial charge in [0, 0.05) is 17.1 Å². The monoisotopic (exact) mass is 339 g/mol. The molecule has 1 N–H and O–H groups in total. The summed E-state index contributed by atoms with van der Waals surface area (Å²) in [6, 6.07) is 11.4. The summed E-state index contributed by atoms with van der Waals surface area (Å²) >= 11 is 5.10. The van der Waals surface area contributed by atoms with Crippen LogP contribution in [0.25, 0.3) is 0 Å². The molecule has 0 aliphatic rings. The normalized spacial score (nSPS) is 10.2. The van der Waals surface area contributed by atoms with Gasteiger partial charge >= 0.3 is 5.97 Å². The Balaban J connectivity index is 2.09. The number of rotatable bonds is 5. The van der Waals surface area contributed by atoms with Gasteiger partial charge in [-0.2, -0.15) is 0 Å². The summed E-state index contributed by atoms with van der Waals surface area (Å²) in [5.41, 5.74) is 1.37. The summed E-state index contributed by atoms with van der Waals surface area (Å²) < 4.78 is 6.14. The molecule has 0 bridgehead atoms. The van der Waals surface area contributed by atoms with E-state index in [1.54, 1.807) is 24.3 Å². The average Bonchev–Trinajstić information content (AvgIpc) is 2.83. The third kappa shape index (κ3) is 3.81. The lowest BCUT2D eigenvalue weighted by Gasteiger charge is -2.10. The van der Waals surface area contributed by atoms with Crippen LogP contribution in [0.4, 0.5) is 5.69 Å². The number of benzene rings is 1. The topological polar surface area (TPSA) is 38.3 Å². The van der Waals surface area contributed by atoms with Gasteiger partial charge in [0.05, 0.1) is 16.0 Å². The van der Waals surface area contributed by atoms with Crippen molar-refractivity contribution in [2.45, 2.75) is 13.5 Å². The van der Waals surface area contributed by atoms with E-state index in [2.05, 4.69) is 27.3 Å². The summed E-state index contributed by atoms with van der Waals surface area (Å²) in [7, 11) is 0. The maximum atomic E-state index is 11.8. The van der Waals surface area contributed by atoms with Crippen LogP contribution in [0.1, 0.15) is 22.2 Å². The Labute approximate surface area is 124 Å².